The summed E-state index contributed by atoms with van der Waals surface area (Å²) in [6.45, 7) is -0.446. The van der Waals surface area contributed by atoms with Crippen LogP contribution in [0.5, 0.6) is 0 Å². The van der Waals surface area contributed by atoms with Crippen molar-refractivity contribution < 1.29 is 44.5 Å². The predicted octanol–water partition coefficient (Wildman–Crippen LogP) is -4.58. The van der Waals surface area contributed by atoms with Gasteiger partial charge in [0.1, 0.15) is 18.3 Å². The molecule has 0 radical (unpaired) electrons. The van der Waals surface area contributed by atoms with Gasteiger partial charge in [0.15, 0.2) is 12.6 Å². The van der Waals surface area contributed by atoms with E-state index in [9.17, 15) is 20.4 Å². The lowest BCUT2D eigenvalue weighted by Crippen LogP contribution is -2.58. The molecule has 0 amide bonds. The number of aliphatic hydroxyl groups excluding tert-OH is 5. The number of ether oxygens (including phenoxy) is 4. The minimum Gasteiger partial charge on any atom is -0.394 e. The van der Waals surface area contributed by atoms with Crippen LogP contribution in [-0.4, -0.2) is 125 Å². The van der Waals surface area contributed by atoms with Crippen LogP contribution in [0.3, 0.4) is 0 Å². The minimum atomic E-state index is -1.27. The van der Waals surface area contributed by atoms with E-state index in [-0.39, 0.29) is 18.7 Å². The number of hydrogen-bond donors (Lipinski definition) is 9. The maximum absolute atomic E-state index is 10.9. The molecule has 33 heavy (non-hydrogen) atoms. The molecule has 0 aromatic carbocycles. The zero-order valence-electron chi connectivity index (χ0n) is 18.7. The summed E-state index contributed by atoms with van der Waals surface area (Å²) < 4.78 is 23.3. The molecule has 12 N–H and O–H groups in total. The first-order chi connectivity index (χ1) is 15.8. The third kappa shape index (κ3) is 6.79. The molecule has 1 unspecified atom stereocenters. The van der Waals surface area contributed by atoms with Crippen LogP contribution < -0.4 is 22.5 Å². The molecule has 0 aromatic heterocycles. The molecule has 13 heteroatoms. The summed E-state index contributed by atoms with van der Waals surface area (Å²) in [5.74, 6) is 0. The summed E-state index contributed by atoms with van der Waals surface area (Å²) in [5.41, 5.74) is 17.9. The van der Waals surface area contributed by atoms with Crippen LogP contribution in [0.4, 0.5) is 0 Å². The van der Waals surface area contributed by atoms with Gasteiger partial charge in [0.05, 0.1) is 43.7 Å². The van der Waals surface area contributed by atoms with E-state index in [4.69, 9.17) is 41.3 Å². The summed E-state index contributed by atoms with van der Waals surface area (Å²) in [5, 5.41) is 52.9. The van der Waals surface area contributed by atoms with E-state index in [1.165, 1.54) is 0 Å². The Bertz CT molecular complexity index is 594. The largest absolute Gasteiger partial charge is 0.394 e. The van der Waals surface area contributed by atoms with Crippen LogP contribution >= 0.6 is 0 Å². The molecule has 2 aliphatic heterocycles. The number of aliphatic hydroxyl groups is 5. The summed E-state index contributed by atoms with van der Waals surface area (Å²) in [4.78, 5) is 0. The number of nitrogens with two attached hydrogens (primary N) is 3. The highest BCUT2D eigenvalue weighted by molar-refractivity contribution is 4.96. The maximum atomic E-state index is 10.9. The van der Waals surface area contributed by atoms with Crippen molar-refractivity contribution in [3.63, 3.8) is 0 Å². The topological polar surface area (TPSA) is 228 Å². The highest BCUT2D eigenvalue weighted by Gasteiger charge is 2.49. The fourth-order valence-electron chi connectivity index (χ4n) is 4.59. The van der Waals surface area contributed by atoms with E-state index >= 15 is 0 Å². The monoisotopic (exact) mass is 480 g/mol. The molecule has 0 bridgehead atoms. The first-order valence-electron chi connectivity index (χ1n) is 11.6. The average Bonchev–Trinajstić information content (AvgIpc) is 3.10. The maximum Gasteiger partial charge on any atom is 0.187 e. The second-order valence-electron chi connectivity index (χ2n) is 9.17. The number of rotatable bonds is 10. The fourth-order valence-corrected chi connectivity index (χ4v) is 4.59. The van der Waals surface area contributed by atoms with Gasteiger partial charge >= 0.3 is 0 Å². The molecule has 3 fully saturated rings. The SMILES string of the molecule is NC[C@H]1CC[C@@H](N)[C@@H](O[C@H]2[C@@H](O)[C@H](O[C@H]3C[C@@H](N)C[C@@H](NCC(O)CO)[C@@H]3O)O[C@@H]2CO)O1. The van der Waals surface area contributed by atoms with Crippen LogP contribution in [0.1, 0.15) is 25.7 Å². The van der Waals surface area contributed by atoms with Crippen molar-refractivity contribution in [1.29, 1.82) is 0 Å². The average molecular weight is 481 g/mol. The third-order valence-corrected chi connectivity index (χ3v) is 6.54. The first kappa shape index (κ1) is 27.1. The molecular formula is C20H40N4O9. The van der Waals surface area contributed by atoms with E-state index in [0.29, 0.717) is 32.2 Å². The van der Waals surface area contributed by atoms with E-state index in [2.05, 4.69) is 5.32 Å². The van der Waals surface area contributed by atoms with E-state index < -0.39 is 74.5 Å². The van der Waals surface area contributed by atoms with Gasteiger partial charge in [-0.1, -0.05) is 0 Å². The van der Waals surface area contributed by atoms with Gasteiger partial charge in [-0.15, -0.1) is 0 Å². The van der Waals surface area contributed by atoms with Gasteiger partial charge in [-0.25, -0.2) is 0 Å². The molecule has 0 aromatic rings. The summed E-state index contributed by atoms with van der Waals surface area (Å²) in [6.07, 6.45) is -5.95. The molecule has 194 valence electrons. The highest BCUT2D eigenvalue weighted by atomic mass is 16.7. The molecule has 1 aliphatic carbocycles. The van der Waals surface area contributed by atoms with Crippen LogP contribution in [-0.2, 0) is 18.9 Å². The second-order valence-corrected chi connectivity index (χ2v) is 9.17. The molecule has 13 nitrogen and oxygen atoms in total. The smallest absolute Gasteiger partial charge is 0.187 e. The van der Waals surface area contributed by atoms with Crippen molar-refractivity contribution in [3.05, 3.63) is 0 Å². The quantitative estimate of drug-likeness (QED) is 0.144. The van der Waals surface area contributed by atoms with Crippen LogP contribution in [0, 0.1) is 0 Å². The van der Waals surface area contributed by atoms with Gasteiger partial charge in [-0.3, -0.25) is 0 Å². The normalized spacial score (nSPS) is 45.3. The first-order valence-corrected chi connectivity index (χ1v) is 11.6. The van der Waals surface area contributed by atoms with Crippen molar-refractivity contribution in [2.75, 3.05) is 26.3 Å². The van der Waals surface area contributed by atoms with Gasteiger partial charge in [-0.05, 0) is 25.7 Å². The summed E-state index contributed by atoms with van der Waals surface area (Å²) in [7, 11) is 0. The summed E-state index contributed by atoms with van der Waals surface area (Å²) in [6, 6.07) is -1.21. The third-order valence-electron chi connectivity index (χ3n) is 6.54. The molecule has 2 saturated heterocycles. The Morgan fingerprint density at radius 2 is 1.76 bits per heavy atom. The number of hydrogen-bond acceptors (Lipinski definition) is 13. The second kappa shape index (κ2) is 12.4. The Kier molecular flexibility index (Phi) is 10.2. The van der Waals surface area contributed by atoms with Gasteiger partial charge in [0.25, 0.3) is 0 Å². The van der Waals surface area contributed by atoms with Crippen LogP contribution in [0.25, 0.3) is 0 Å². The highest BCUT2D eigenvalue weighted by Crippen LogP contribution is 2.32. The lowest BCUT2D eigenvalue weighted by Gasteiger charge is -2.39. The summed E-state index contributed by atoms with van der Waals surface area (Å²) >= 11 is 0. The molecule has 3 aliphatic rings. The molecule has 2 heterocycles. The Labute approximate surface area is 193 Å². The fraction of sp³-hybridized carbons (Fsp3) is 1.00. The van der Waals surface area contributed by atoms with E-state index in [0.717, 1.165) is 0 Å². The predicted molar refractivity (Wildman–Crippen MR) is 115 cm³/mol. The Balaban J connectivity index is 1.61. The van der Waals surface area contributed by atoms with Crippen molar-refractivity contribution in [2.24, 2.45) is 17.2 Å². The van der Waals surface area contributed by atoms with Crippen LogP contribution in [0.15, 0.2) is 0 Å². The van der Waals surface area contributed by atoms with Crippen LogP contribution in [0.2, 0.25) is 0 Å². The lowest BCUT2D eigenvalue weighted by atomic mass is 9.86. The van der Waals surface area contributed by atoms with Crippen molar-refractivity contribution in [2.45, 2.75) is 99.1 Å². The van der Waals surface area contributed by atoms with E-state index in [1.807, 2.05) is 0 Å². The standard InChI is InChI=1S/C20H40N4O9/c21-5-11-1-2-12(23)19(30-11)33-18-15(8-26)32-20(17(18)29)31-14-4-9(22)3-13(16(14)28)24-6-10(27)7-25/h9-20,24-29H,1-8,21-23H2/t9-,10?,11+,12+,13+,14-,15+,16-,17+,18+,19+,20+/m0/s1. The molecule has 1 saturated carbocycles. The Morgan fingerprint density at radius 1 is 1.00 bits per heavy atom. The van der Waals surface area contributed by atoms with Gasteiger partial charge in [0, 0.05) is 25.2 Å². The van der Waals surface area contributed by atoms with Crippen molar-refractivity contribution >= 4 is 0 Å². The minimum absolute atomic E-state index is 0.0775. The zero-order chi connectivity index (χ0) is 24.1. The lowest BCUT2D eigenvalue weighted by molar-refractivity contribution is -0.239. The zero-order valence-corrected chi connectivity index (χ0v) is 18.7. The van der Waals surface area contributed by atoms with Gasteiger partial charge in [0.2, 0.25) is 0 Å². The molecular weight excluding hydrogens is 440 g/mol. The molecule has 0 spiro atoms. The van der Waals surface area contributed by atoms with Gasteiger partial charge < -0.3 is 67.0 Å². The Hall–Kier alpha value is -0.520. The molecule has 3 rings (SSSR count). The molecule has 12 atom stereocenters. The van der Waals surface area contributed by atoms with Crippen molar-refractivity contribution in [3.8, 4) is 0 Å². The van der Waals surface area contributed by atoms with E-state index in [1.54, 1.807) is 0 Å². The van der Waals surface area contributed by atoms with Crippen molar-refractivity contribution in [1.82, 2.24) is 5.32 Å². The Morgan fingerprint density at radius 3 is 2.42 bits per heavy atom. The number of nitrogens with one attached hydrogen (secondary N) is 1. The van der Waals surface area contributed by atoms with Gasteiger partial charge in [-0.2, -0.15) is 0 Å².